The average Bonchev–Trinajstić information content (AvgIpc) is 2.87. The van der Waals surface area contributed by atoms with Crippen LogP contribution in [-0.4, -0.2) is 34.8 Å². The Labute approximate surface area is 110 Å². The number of hydrogen-bond donors (Lipinski definition) is 1. The van der Waals surface area contributed by atoms with Crippen molar-refractivity contribution < 1.29 is 19.4 Å². The first-order valence-corrected chi connectivity index (χ1v) is 5.60. The van der Waals surface area contributed by atoms with Crippen LogP contribution >= 0.6 is 0 Å². The summed E-state index contributed by atoms with van der Waals surface area (Å²) in [4.78, 5) is 15.1. The molecule has 0 fully saturated rings. The zero-order valence-corrected chi connectivity index (χ0v) is 10.7. The van der Waals surface area contributed by atoms with Crippen molar-refractivity contribution in [1.82, 2.24) is 9.55 Å². The Bertz CT molecular complexity index is 592. The zero-order valence-electron chi connectivity index (χ0n) is 10.7. The van der Waals surface area contributed by atoms with Crippen molar-refractivity contribution in [1.29, 1.82) is 0 Å². The van der Waals surface area contributed by atoms with Crippen LogP contribution in [0.2, 0.25) is 0 Å². The second-order valence-corrected chi connectivity index (χ2v) is 3.87. The van der Waals surface area contributed by atoms with E-state index in [1.165, 1.54) is 6.07 Å². The van der Waals surface area contributed by atoms with E-state index in [2.05, 4.69) is 4.98 Å². The predicted octanol–water partition coefficient (Wildman–Crippen LogP) is 1.65. The molecule has 19 heavy (non-hydrogen) atoms. The Hall–Kier alpha value is -2.50. The molecule has 2 rings (SSSR count). The molecule has 0 aliphatic rings. The van der Waals surface area contributed by atoms with E-state index in [4.69, 9.17) is 14.6 Å². The number of pyridine rings is 1. The van der Waals surface area contributed by atoms with E-state index in [1.54, 1.807) is 43.4 Å². The molecule has 6 heteroatoms. The van der Waals surface area contributed by atoms with E-state index in [0.29, 0.717) is 23.7 Å². The normalized spacial score (nSPS) is 10.2. The Balaban J connectivity index is 2.29. The average molecular weight is 262 g/mol. The molecule has 100 valence electrons. The standard InChI is InChI=1S/C13H14N2O4/c1-18-11-3-5-14-10(12(11)19-2)8-15-6-4-9(7-15)13(16)17/h3-7H,8H2,1-2H3,(H,16,17). The molecule has 0 saturated heterocycles. The van der Waals surface area contributed by atoms with Gasteiger partial charge in [-0.25, -0.2) is 4.79 Å². The minimum atomic E-state index is -0.954. The van der Waals surface area contributed by atoms with E-state index >= 15 is 0 Å². The Kier molecular flexibility index (Phi) is 3.70. The lowest BCUT2D eigenvalue weighted by molar-refractivity contribution is 0.0697. The summed E-state index contributed by atoms with van der Waals surface area (Å²) in [5, 5.41) is 8.87. The highest BCUT2D eigenvalue weighted by Gasteiger charge is 2.12. The second kappa shape index (κ2) is 5.43. The van der Waals surface area contributed by atoms with E-state index < -0.39 is 5.97 Å². The van der Waals surface area contributed by atoms with Gasteiger partial charge in [-0.2, -0.15) is 0 Å². The first kappa shape index (κ1) is 12.9. The number of ether oxygens (including phenoxy) is 2. The Morgan fingerprint density at radius 3 is 2.74 bits per heavy atom. The third-order valence-corrected chi connectivity index (χ3v) is 2.70. The number of methoxy groups -OCH3 is 2. The summed E-state index contributed by atoms with van der Waals surface area (Å²) in [7, 11) is 3.10. The van der Waals surface area contributed by atoms with E-state index in [9.17, 15) is 4.79 Å². The smallest absolute Gasteiger partial charge is 0.337 e. The van der Waals surface area contributed by atoms with Gasteiger partial charge in [-0.15, -0.1) is 0 Å². The van der Waals surface area contributed by atoms with Gasteiger partial charge in [0.2, 0.25) is 0 Å². The van der Waals surface area contributed by atoms with Gasteiger partial charge in [0.05, 0.1) is 26.3 Å². The molecule has 0 aliphatic carbocycles. The fourth-order valence-electron chi connectivity index (χ4n) is 1.80. The summed E-state index contributed by atoms with van der Waals surface area (Å²) in [6.07, 6.45) is 4.85. The minimum Gasteiger partial charge on any atom is -0.493 e. The van der Waals surface area contributed by atoms with E-state index in [0.717, 1.165) is 0 Å². The van der Waals surface area contributed by atoms with E-state index in [-0.39, 0.29) is 5.56 Å². The third-order valence-electron chi connectivity index (χ3n) is 2.70. The van der Waals surface area contributed by atoms with Crippen molar-refractivity contribution in [3.8, 4) is 11.5 Å². The molecule has 2 aromatic rings. The lowest BCUT2D eigenvalue weighted by atomic mass is 10.3. The number of hydrogen-bond acceptors (Lipinski definition) is 4. The molecule has 0 aromatic carbocycles. The van der Waals surface area contributed by atoms with Crippen LogP contribution < -0.4 is 9.47 Å². The molecular formula is C13H14N2O4. The fraction of sp³-hybridized carbons (Fsp3) is 0.231. The molecular weight excluding hydrogens is 248 g/mol. The second-order valence-electron chi connectivity index (χ2n) is 3.87. The molecule has 0 bridgehead atoms. The maximum Gasteiger partial charge on any atom is 0.337 e. The number of carboxylic acids is 1. The molecule has 0 radical (unpaired) electrons. The monoisotopic (exact) mass is 262 g/mol. The SMILES string of the molecule is COc1ccnc(Cn2ccc(C(=O)O)c2)c1OC. The summed E-state index contributed by atoms with van der Waals surface area (Å²) in [6, 6.07) is 3.25. The van der Waals surface area contributed by atoms with Crippen LogP contribution in [-0.2, 0) is 6.54 Å². The van der Waals surface area contributed by atoms with Gasteiger partial charge in [0.15, 0.2) is 11.5 Å². The van der Waals surface area contributed by atoms with Crippen molar-refractivity contribution in [3.05, 3.63) is 42.0 Å². The maximum atomic E-state index is 10.8. The fourth-order valence-corrected chi connectivity index (χ4v) is 1.80. The van der Waals surface area contributed by atoms with Crippen LogP contribution in [0.25, 0.3) is 0 Å². The number of nitrogens with zero attached hydrogens (tertiary/aromatic N) is 2. The van der Waals surface area contributed by atoms with Crippen molar-refractivity contribution in [2.45, 2.75) is 6.54 Å². The van der Waals surface area contributed by atoms with Gasteiger partial charge in [0.1, 0.15) is 5.69 Å². The topological polar surface area (TPSA) is 73.6 Å². The van der Waals surface area contributed by atoms with Crippen LogP contribution in [0, 0.1) is 0 Å². The van der Waals surface area contributed by atoms with Crippen LogP contribution in [0.5, 0.6) is 11.5 Å². The largest absolute Gasteiger partial charge is 0.493 e. The molecule has 0 unspecified atom stereocenters. The Morgan fingerprint density at radius 2 is 2.16 bits per heavy atom. The number of rotatable bonds is 5. The summed E-state index contributed by atoms with van der Waals surface area (Å²) >= 11 is 0. The first-order valence-electron chi connectivity index (χ1n) is 5.60. The van der Waals surface area contributed by atoms with Crippen molar-refractivity contribution in [3.63, 3.8) is 0 Å². The lowest BCUT2D eigenvalue weighted by Gasteiger charge is -2.11. The number of carbonyl (C=O) groups is 1. The third kappa shape index (κ3) is 2.67. The first-order chi connectivity index (χ1) is 9.15. The Morgan fingerprint density at radius 1 is 1.37 bits per heavy atom. The van der Waals surface area contributed by atoms with Gasteiger partial charge in [0, 0.05) is 24.7 Å². The van der Waals surface area contributed by atoms with Gasteiger partial charge in [-0.1, -0.05) is 0 Å². The highest BCUT2D eigenvalue weighted by atomic mass is 16.5. The highest BCUT2D eigenvalue weighted by molar-refractivity contribution is 5.87. The maximum absolute atomic E-state index is 10.8. The van der Waals surface area contributed by atoms with Crippen LogP contribution in [0.4, 0.5) is 0 Å². The number of aromatic carboxylic acids is 1. The predicted molar refractivity (Wildman–Crippen MR) is 67.8 cm³/mol. The summed E-state index contributed by atoms with van der Waals surface area (Å²) in [5.41, 5.74) is 0.913. The van der Waals surface area contributed by atoms with Gasteiger partial charge in [-0.3, -0.25) is 4.98 Å². The summed E-state index contributed by atoms with van der Waals surface area (Å²) in [5.74, 6) is 0.193. The van der Waals surface area contributed by atoms with Crippen LogP contribution in [0.3, 0.4) is 0 Å². The van der Waals surface area contributed by atoms with Crippen LogP contribution in [0.1, 0.15) is 16.1 Å². The van der Waals surface area contributed by atoms with Gasteiger partial charge in [-0.05, 0) is 6.07 Å². The molecule has 0 amide bonds. The molecule has 2 heterocycles. The van der Waals surface area contributed by atoms with Crippen molar-refractivity contribution in [2.24, 2.45) is 0 Å². The molecule has 0 saturated carbocycles. The molecule has 6 nitrogen and oxygen atoms in total. The van der Waals surface area contributed by atoms with Gasteiger partial charge < -0.3 is 19.1 Å². The van der Waals surface area contributed by atoms with Gasteiger partial charge in [0.25, 0.3) is 0 Å². The minimum absolute atomic E-state index is 0.238. The lowest BCUT2D eigenvalue weighted by Crippen LogP contribution is -2.04. The van der Waals surface area contributed by atoms with Crippen molar-refractivity contribution >= 4 is 5.97 Å². The molecule has 0 spiro atoms. The van der Waals surface area contributed by atoms with Gasteiger partial charge >= 0.3 is 5.97 Å². The summed E-state index contributed by atoms with van der Waals surface area (Å²) < 4.78 is 12.2. The summed E-state index contributed by atoms with van der Waals surface area (Å²) in [6.45, 7) is 0.410. The van der Waals surface area contributed by atoms with E-state index in [1.807, 2.05) is 0 Å². The number of aromatic nitrogens is 2. The van der Waals surface area contributed by atoms with Crippen molar-refractivity contribution in [2.75, 3.05) is 14.2 Å². The molecule has 2 aromatic heterocycles. The molecule has 0 aliphatic heterocycles. The molecule has 0 atom stereocenters. The number of carboxylic acid groups (broad SMARTS) is 1. The van der Waals surface area contributed by atoms with Crippen LogP contribution in [0.15, 0.2) is 30.7 Å². The highest BCUT2D eigenvalue weighted by Crippen LogP contribution is 2.29. The molecule has 1 N–H and O–H groups in total. The quantitative estimate of drug-likeness (QED) is 0.886. The zero-order chi connectivity index (χ0) is 13.8.